The van der Waals surface area contributed by atoms with Crippen LogP contribution in [0.1, 0.15) is 10.4 Å². The fraction of sp³-hybridized carbons (Fsp3) is 0. The van der Waals surface area contributed by atoms with Gasteiger partial charge in [-0.15, -0.1) is 0 Å². The number of carbonyl (C=O) groups excluding carboxylic acids is 1. The maximum absolute atomic E-state index is 11.2. The van der Waals surface area contributed by atoms with Gasteiger partial charge in [0.2, 0.25) is 0 Å². The first kappa shape index (κ1) is 10.3. The molecule has 4 nitrogen and oxygen atoms in total. The van der Waals surface area contributed by atoms with E-state index in [2.05, 4.69) is 4.98 Å². The molecule has 0 unspecified atom stereocenters. The molecular weight excluding hydrogens is 204 g/mol. The summed E-state index contributed by atoms with van der Waals surface area (Å²) in [4.78, 5) is 15.2. The van der Waals surface area contributed by atoms with Gasteiger partial charge in [-0.2, -0.15) is 0 Å². The van der Waals surface area contributed by atoms with Gasteiger partial charge in [-0.3, -0.25) is 15.0 Å². The van der Waals surface area contributed by atoms with Crippen LogP contribution in [-0.4, -0.2) is 16.1 Å². The number of hydroxylamine groups is 1. The summed E-state index contributed by atoms with van der Waals surface area (Å²) in [6, 6.07) is 11.3. The van der Waals surface area contributed by atoms with E-state index in [-0.39, 0.29) is 0 Å². The number of carbonyl (C=O) groups is 1. The van der Waals surface area contributed by atoms with Gasteiger partial charge in [-0.05, 0) is 11.6 Å². The van der Waals surface area contributed by atoms with Gasteiger partial charge in [0.1, 0.15) is 0 Å². The molecule has 0 radical (unpaired) electrons. The Morgan fingerprint density at radius 3 is 2.56 bits per heavy atom. The van der Waals surface area contributed by atoms with Crippen LogP contribution in [0.3, 0.4) is 0 Å². The van der Waals surface area contributed by atoms with Crippen molar-refractivity contribution in [2.24, 2.45) is 0 Å². The maximum Gasteiger partial charge on any atom is 0.276 e. The Labute approximate surface area is 92.5 Å². The molecule has 1 amide bonds. The summed E-state index contributed by atoms with van der Waals surface area (Å²) < 4.78 is 0. The van der Waals surface area contributed by atoms with E-state index in [0.29, 0.717) is 5.56 Å². The third-order valence-corrected chi connectivity index (χ3v) is 2.21. The number of aromatic nitrogens is 1. The third-order valence-electron chi connectivity index (χ3n) is 2.21. The van der Waals surface area contributed by atoms with E-state index < -0.39 is 5.91 Å². The van der Waals surface area contributed by atoms with Crippen molar-refractivity contribution in [2.75, 3.05) is 0 Å². The number of benzene rings is 1. The largest absolute Gasteiger partial charge is 0.288 e. The van der Waals surface area contributed by atoms with Crippen LogP contribution < -0.4 is 5.48 Å². The summed E-state index contributed by atoms with van der Waals surface area (Å²) in [6.07, 6.45) is 3.07. The summed E-state index contributed by atoms with van der Waals surface area (Å²) in [7, 11) is 0. The predicted molar refractivity (Wildman–Crippen MR) is 58.9 cm³/mol. The summed E-state index contributed by atoms with van der Waals surface area (Å²) in [5, 5.41) is 8.52. The molecule has 80 valence electrons. The van der Waals surface area contributed by atoms with Crippen LogP contribution in [0.15, 0.2) is 48.8 Å². The molecule has 2 N–H and O–H groups in total. The number of hydrogen-bond acceptors (Lipinski definition) is 3. The van der Waals surface area contributed by atoms with Crippen LogP contribution in [0, 0.1) is 0 Å². The second kappa shape index (κ2) is 4.55. The zero-order valence-electron chi connectivity index (χ0n) is 8.42. The first-order valence-electron chi connectivity index (χ1n) is 4.76. The van der Waals surface area contributed by atoms with E-state index in [4.69, 9.17) is 5.21 Å². The summed E-state index contributed by atoms with van der Waals surface area (Å²) in [6.45, 7) is 0. The number of pyridine rings is 1. The molecule has 0 bridgehead atoms. The Kier molecular flexibility index (Phi) is 2.93. The van der Waals surface area contributed by atoms with Crippen LogP contribution in [0.5, 0.6) is 0 Å². The van der Waals surface area contributed by atoms with Gasteiger partial charge >= 0.3 is 0 Å². The molecule has 0 fully saturated rings. The van der Waals surface area contributed by atoms with Crippen molar-refractivity contribution in [3.05, 3.63) is 54.4 Å². The lowest BCUT2D eigenvalue weighted by atomic mass is 10.1. The molecule has 2 rings (SSSR count). The molecule has 0 aliphatic rings. The highest BCUT2D eigenvalue weighted by atomic mass is 16.5. The molecule has 1 aromatic heterocycles. The highest BCUT2D eigenvalue weighted by Crippen LogP contribution is 2.18. The van der Waals surface area contributed by atoms with Gasteiger partial charge in [0.15, 0.2) is 0 Å². The van der Waals surface area contributed by atoms with Crippen LogP contribution >= 0.6 is 0 Å². The van der Waals surface area contributed by atoms with Crippen molar-refractivity contribution in [3.8, 4) is 11.1 Å². The van der Waals surface area contributed by atoms with Gasteiger partial charge in [-0.25, -0.2) is 5.48 Å². The lowest BCUT2D eigenvalue weighted by Gasteiger charge is -2.03. The fourth-order valence-corrected chi connectivity index (χ4v) is 1.42. The quantitative estimate of drug-likeness (QED) is 0.592. The van der Waals surface area contributed by atoms with Crippen molar-refractivity contribution >= 4 is 5.91 Å². The van der Waals surface area contributed by atoms with E-state index >= 15 is 0 Å². The first-order chi connectivity index (χ1) is 7.81. The molecule has 16 heavy (non-hydrogen) atoms. The summed E-state index contributed by atoms with van der Waals surface area (Å²) in [5.74, 6) is -0.565. The molecule has 1 heterocycles. The second-order valence-electron chi connectivity index (χ2n) is 3.27. The van der Waals surface area contributed by atoms with E-state index in [1.54, 1.807) is 17.7 Å². The molecule has 0 spiro atoms. The molecule has 0 saturated heterocycles. The highest BCUT2D eigenvalue weighted by molar-refractivity contribution is 5.94. The number of nitrogens with zero attached hydrogens (tertiary/aromatic N) is 1. The zero-order valence-corrected chi connectivity index (χ0v) is 8.42. The molecule has 2 aromatic rings. The first-order valence-corrected chi connectivity index (χ1v) is 4.76. The third kappa shape index (κ3) is 2.07. The Bertz CT molecular complexity index is 497. The standard InChI is InChI=1S/C12H10N2O2/c15-12(14-16)11-6-10(7-13-8-11)9-4-2-1-3-5-9/h1-8,16H,(H,14,15). The Morgan fingerprint density at radius 1 is 1.12 bits per heavy atom. The molecule has 0 saturated carbocycles. The number of nitrogens with one attached hydrogen (secondary N) is 1. The van der Waals surface area contributed by atoms with E-state index in [1.165, 1.54) is 6.20 Å². The minimum Gasteiger partial charge on any atom is -0.288 e. The monoisotopic (exact) mass is 214 g/mol. The number of amides is 1. The van der Waals surface area contributed by atoms with E-state index in [9.17, 15) is 4.79 Å². The normalized spacial score (nSPS) is 9.81. The van der Waals surface area contributed by atoms with Crippen LogP contribution in [0.25, 0.3) is 11.1 Å². The fourth-order valence-electron chi connectivity index (χ4n) is 1.42. The minimum atomic E-state index is -0.565. The highest BCUT2D eigenvalue weighted by Gasteiger charge is 2.06. The lowest BCUT2D eigenvalue weighted by molar-refractivity contribution is 0.0706. The van der Waals surface area contributed by atoms with Crippen molar-refractivity contribution in [1.82, 2.24) is 10.5 Å². The van der Waals surface area contributed by atoms with Crippen LogP contribution in [0.4, 0.5) is 0 Å². The summed E-state index contributed by atoms with van der Waals surface area (Å²) in [5.41, 5.74) is 3.71. The van der Waals surface area contributed by atoms with Crippen molar-refractivity contribution in [2.45, 2.75) is 0 Å². The lowest BCUT2D eigenvalue weighted by Crippen LogP contribution is -2.18. The van der Waals surface area contributed by atoms with Gasteiger partial charge in [0, 0.05) is 18.0 Å². The van der Waals surface area contributed by atoms with Gasteiger partial charge in [-0.1, -0.05) is 30.3 Å². The van der Waals surface area contributed by atoms with E-state index in [0.717, 1.165) is 11.1 Å². The maximum atomic E-state index is 11.2. The molecule has 1 aromatic carbocycles. The van der Waals surface area contributed by atoms with E-state index in [1.807, 2.05) is 30.3 Å². The van der Waals surface area contributed by atoms with Crippen molar-refractivity contribution in [3.63, 3.8) is 0 Å². The predicted octanol–water partition coefficient (Wildman–Crippen LogP) is 1.87. The van der Waals surface area contributed by atoms with Crippen molar-refractivity contribution < 1.29 is 10.0 Å². The SMILES string of the molecule is O=C(NO)c1cncc(-c2ccccc2)c1. The Hall–Kier alpha value is -2.20. The number of hydrogen-bond donors (Lipinski definition) is 2. The average molecular weight is 214 g/mol. The van der Waals surface area contributed by atoms with Crippen LogP contribution in [-0.2, 0) is 0 Å². The topological polar surface area (TPSA) is 62.2 Å². The molecular formula is C12H10N2O2. The Morgan fingerprint density at radius 2 is 1.88 bits per heavy atom. The smallest absolute Gasteiger partial charge is 0.276 e. The zero-order chi connectivity index (χ0) is 11.4. The van der Waals surface area contributed by atoms with Gasteiger partial charge in [0.25, 0.3) is 5.91 Å². The summed E-state index contributed by atoms with van der Waals surface area (Å²) >= 11 is 0. The molecule has 0 atom stereocenters. The minimum absolute atomic E-state index is 0.323. The second-order valence-corrected chi connectivity index (χ2v) is 3.27. The van der Waals surface area contributed by atoms with Crippen LogP contribution in [0.2, 0.25) is 0 Å². The number of rotatable bonds is 2. The average Bonchev–Trinajstić information content (AvgIpc) is 2.39. The van der Waals surface area contributed by atoms with Gasteiger partial charge < -0.3 is 0 Å². The Balaban J connectivity index is 2.40. The molecule has 0 aliphatic carbocycles. The molecule has 0 aliphatic heterocycles. The van der Waals surface area contributed by atoms with Gasteiger partial charge in [0.05, 0.1) is 5.56 Å². The van der Waals surface area contributed by atoms with Crippen molar-refractivity contribution in [1.29, 1.82) is 0 Å². The molecule has 4 heteroatoms.